The van der Waals surface area contributed by atoms with E-state index in [2.05, 4.69) is 43.1 Å². The summed E-state index contributed by atoms with van der Waals surface area (Å²) in [6, 6.07) is 10.5. The van der Waals surface area contributed by atoms with Crippen molar-refractivity contribution in [2.24, 2.45) is 0 Å². The number of amides is 1. The number of nitrogens with zero attached hydrogens (tertiary/aromatic N) is 2. The number of carbonyl (C=O) groups excluding carboxylic acids is 1. The van der Waals surface area contributed by atoms with E-state index in [0.29, 0.717) is 35.6 Å². The van der Waals surface area contributed by atoms with Crippen LogP contribution in [0.4, 0.5) is 0 Å². The molecular formula is C19H27N3O2. The number of aryl methyl sites for hydroxylation is 1. The quantitative estimate of drug-likeness (QED) is 0.844. The Bertz CT molecular complexity index is 655. The van der Waals surface area contributed by atoms with Crippen molar-refractivity contribution in [3.05, 3.63) is 41.7 Å². The fourth-order valence-electron chi connectivity index (χ4n) is 2.93. The minimum atomic E-state index is -0.139. The molecule has 2 rings (SSSR count). The number of benzene rings is 1. The minimum Gasteiger partial charge on any atom is -0.360 e. The first-order valence-electron chi connectivity index (χ1n) is 8.47. The van der Waals surface area contributed by atoms with E-state index in [1.165, 1.54) is 0 Å². The molecule has 5 nitrogen and oxygen atoms in total. The second kappa shape index (κ2) is 8.11. The fourth-order valence-corrected chi connectivity index (χ4v) is 2.93. The highest BCUT2D eigenvalue weighted by Gasteiger charge is 2.21. The lowest BCUT2D eigenvalue weighted by molar-refractivity contribution is 0.0938. The van der Waals surface area contributed by atoms with E-state index in [0.717, 1.165) is 12.1 Å². The molecule has 0 bridgehead atoms. The van der Waals surface area contributed by atoms with Crippen molar-refractivity contribution in [1.82, 2.24) is 15.4 Å². The zero-order valence-corrected chi connectivity index (χ0v) is 15.2. The van der Waals surface area contributed by atoms with Gasteiger partial charge in [0.05, 0.1) is 0 Å². The van der Waals surface area contributed by atoms with E-state index < -0.39 is 0 Å². The Morgan fingerprint density at radius 3 is 2.38 bits per heavy atom. The van der Waals surface area contributed by atoms with Crippen LogP contribution < -0.4 is 5.32 Å². The molecule has 1 heterocycles. The smallest absolute Gasteiger partial charge is 0.257 e. The maximum absolute atomic E-state index is 12.6. The van der Waals surface area contributed by atoms with Crippen molar-refractivity contribution in [3.63, 3.8) is 0 Å². The Labute approximate surface area is 144 Å². The van der Waals surface area contributed by atoms with E-state index in [-0.39, 0.29) is 5.91 Å². The van der Waals surface area contributed by atoms with Crippen LogP contribution in [-0.2, 0) is 0 Å². The topological polar surface area (TPSA) is 58.4 Å². The van der Waals surface area contributed by atoms with Gasteiger partial charge in [0.2, 0.25) is 0 Å². The Balaban J connectivity index is 2.07. The van der Waals surface area contributed by atoms with Crippen LogP contribution in [0.5, 0.6) is 0 Å². The summed E-state index contributed by atoms with van der Waals surface area (Å²) in [5.74, 6) is 0.399. The molecule has 2 aromatic rings. The lowest BCUT2D eigenvalue weighted by Crippen LogP contribution is -2.42. The van der Waals surface area contributed by atoms with Crippen LogP contribution in [0.15, 0.2) is 34.9 Å². The van der Waals surface area contributed by atoms with Crippen molar-refractivity contribution < 1.29 is 9.32 Å². The third-order valence-electron chi connectivity index (χ3n) is 4.12. The standard InChI is InChI=1S/C19H27N3O2/c1-13(2)22(14(3)4)12-11-20-19(23)17-15(5)24-21-18(17)16-9-7-6-8-10-16/h6-10,13-14H,11-12H2,1-5H3,(H,20,23). The summed E-state index contributed by atoms with van der Waals surface area (Å²) < 4.78 is 5.25. The normalized spacial score (nSPS) is 11.5. The van der Waals surface area contributed by atoms with Gasteiger partial charge in [-0.2, -0.15) is 0 Å². The molecule has 1 aromatic heterocycles. The molecule has 1 N–H and O–H groups in total. The van der Waals surface area contributed by atoms with Crippen LogP contribution >= 0.6 is 0 Å². The summed E-state index contributed by atoms with van der Waals surface area (Å²) in [5, 5.41) is 7.06. The highest BCUT2D eigenvalue weighted by atomic mass is 16.5. The van der Waals surface area contributed by atoms with Gasteiger partial charge in [0.15, 0.2) is 0 Å². The minimum absolute atomic E-state index is 0.139. The third-order valence-corrected chi connectivity index (χ3v) is 4.12. The molecule has 0 atom stereocenters. The van der Waals surface area contributed by atoms with Gasteiger partial charge < -0.3 is 9.84 Å². The molecule has 0 radical (unpaired) electrons. The van der Waals surface area contributed by atoms with Gasteiger partial charge in [-0.3, -0.25) is 9.69 Å². The maximum atomic E-state index is 12.6. The summed E-state index contributed by atoms with van der Waals surface area (Å²) >= 11 is 0. The lowest BCUT2D eigenvalue weighted by Gasteiger charge is -2.30. The average molecular weight is 329 g/mol. The van der Waals surface area contributed by atoms with Gasteiger partial charge in [0.25, 0.3) is 5.91 Å². The van der Waals surface area contributed by atoms with Crippen molar-refractivity contribution in [2.75, 3.05) is 13.1 Å². The van der Waals surface area contributed by atoms with Crippen LogP contribution in [0.3, 0.4) is 0 Å². The zero-order chi connectivity index (χ0) is 17.7. The third kappa shape index (κ3) is 4.23. The van der Waals surface area contributed by atoms with E-state index in [1.54, 1.807) is 6.92 Å². The van der Waals surface area contributed by atoms with Crippen LogP contribution in [0.2, 0.25) is 0 Å². The Hall–Kier alpha value is -2.14. The Morgan fingerprint density at radius 1 is 1.17 bits per heavy atom. The number of aromatic nitrogens is 1. The molecule has 130 valence electrons. The van der Waals surface area contributed by atoms with Gasteiger partial charge in [0, 0.05) is 30.7 Å². The van der Waals surface area contributed by atoms with Crippen molar-refractivity contribution in [2.45, 2.75) is 46.7 Å². The first-order chi connectivity index (χ1) is 11.4. The molecule has 5 heteroatoms. The molecular weight excluding hydrogens is 302 g/mol. The number of nitrogens with one attached hydrogen (secondary N) is 1. The predicted molar refractivity (Wildman–Crippen MR) is 96.0 cm³/mol. The molecule has 1 aromatic carbocycles. The van der Waals surface area contributed by atoms with Crippen molar-refractivity contribution >= 4 is 5.91 Å². The van der Waals surface area contributed by atoms with E-state index in [4.69, 9.17) is 4.52 Å². The monoisotopic (exact) mass is 329 g/mol. The van der Waals surface area contributed by atoms with Gasteiger partial charge in [-0.15, -0.1) is 0 Å². The summed E-state index contributed by atoms with van der Waals surface area (Å²) in [6.45, 7) is 11.8. The Kier molecular flexibility index (Phi) is 6.15. The van der Waals surface area contributed by atoms with Crippen molar-refractivity contribution in [3.8, 4) is 11.3 Å². The molecule has 0 spiro atoms. The van der Waals surface area contributed by atoms with Crippen LogP contribution in [0.25, 0.3) is 11.3 Å². The van der Waals surface area contributed by atoms with Crippen LogP contribution in [0.1, 0.15) is 43.8 Å². The molecule has 24 heavy (non-hydrogen) atoms. The number of hydrogen-bond donors (Lipinski definition) is 1. The van der Waals surface area contributed by atoms with E-state index in [9.17, 15) is 4.79 Å². The average Bonchev–Trinajstić information content (AvgIpc) is 2.93. The largest absolute Gasteiger partial charge is 0.360 e. The molecule has 0 saturated heterocycles. The lowest BCUT2D eigenvalue weighted by atomic mass is 10.1. The van der Waals surface area contributed by atoms with Gasteiger partial charge in [-0.25, -0.2) is 0 Å². The highest BCUT2D eigenvalue weighted by molar-refractivity contribution is 6.00. The number of carbonyl (C=O) groups is 1. The predicted octanol–water partition coefficient (Wildman–Crippen LogP) is 3.50. The summed E-state index contributed by atoms with van der Waals surface area (Å²) in [4.78, 5) is 15.0. The van der Waals surface area contributed by atoms with Gasteiger partial charge in [0.1, 0.15) is 17.0 Å². The van der Waals surface area contributed by atoms with E-state index in [1.807, 2.05) is 30.3 Å². The van der Waals surface area contributed by atoms with Crippen molar-refractivity contribution in [1.29, 1.82) is 0 Å². The Morgan fingerprint density at radius 2 is 1.79 bits per heavy atom. The van der Waals surface area contributed by atoms with Crippen LogP contribution in [0, 0.1) is 6.92 Å². The van der Waals surface area contributed by atoms with Gasteiger partial charge in [-0.05, 0) is 34.6 Å². The fraction of sp³-hybridized carbons (Fsp3) is 0.474. The summed E-state index contributed by atoms with van der Waals surface area (Å²) in [7, 11) is 0. The zero-order valence-electron chi connectivity index (χ0n) is 15.2. The molecule has 0 aliphatic rings. The second-order valence-corrected chi connectivity index (χ2v) is 6.51. The number of hydrogen-bond acceptors (Lipinski definition) is 4. The molecule has 0 fully saturated rings. The number of rotatable bonds is 7. The molecule has 0 unspecified atom stereocenters. The highest BCUT2D eigenvalue weighted by Crippen LogP contribution is 2.24. The second-order valence-electron chi connectivity index (χ2n) is 6.51. The first-order valence-corrected chi connectivity index (χ1v) is 8.47. The SMILES string of the molecule is Cc1onc(-c2ccccc2)c1C(=O)NCCN(C(C)C)C(C)C. The molecule has 0 aliphatic carbocycles. The summed E-state index contributed by atoms with van der Waals surface area (Å²) in [6.07, 6.45) is 0. The maximum Gasteiger partial charge on any atom is 0.257 e. The summed E-state index contributed by atoms with van der Waals surface area (Å²) in [5.41, 5.74) is 1.99. The molecule has 0 saturated carbocycles. The molecule has 0 aliphatic heterocycles. The van der Waals surface area contributed by atoms with Crippen LogP contribution in [-0.4, -0.2) is 41.1 Å². The molecule has 1 amide bonds. The first kappa shape index (κ1) is 18.2. The van der Waals surface area contributed by atoms with Gasteiger partial charge in [-0.1, -0.05) is 35.5 Å². The van der Waals surface area contributed by atoms with Gasteiger partial charge >= 0.3 is 0 Å². The van der Waals surface area contributed by atoms with E-state index >= 15 is 0 Å².